The van der Waals surface area contributed by atoms with E-state index in [-0.39, 0.29) is 17.5 Å². The van der Waals surface area contributed by atoms with Crippen molar-refractivity contribution in [2.75, 3.05) is 25.9 Å². The van der Waals surface area contributed by atoms with Crippen molar-refractivity contribution in [3.8, 4) is 0 Å². The SMILES string of the molecule is CS(=O)(=O)N1CCC(CNC(=O)NCc2ccc(C(=O)O)cc2)CC1. The molecule has 0 atom stereocenters. The van der Waals surface area contributed by atoms with Crippen molar-refractivity contribution in [3.63, 3.8) is 0 Å². The normalized spacial score (nSPS) is 16.4. The van der Waals surface area contributed by atoms with Crippen LogP contribution >= 0.6 is 0 Å². The van der Waals surface area contributed by atoms with E-state index in [0.717, 1.165) is 18.4 Å². The summed E-state index contributed by atoms with van der Waals surface area (Å²) in [6.45, 7) is 1.78. The second-order valence-electron chi connectivity index (χ2n) is 6.17. The van der Waals surface area contributed by atoms with Gasteiger partial charge < -0.3 is 15.7 Å². The summed E-state index contributed by atoms with van der Waals surface area (Å²) in [4.78, 5) is 22.6. The van der Waals surface area contributed by atoms with Crippen LogP contribution in [-0.2, 0) is 16.6 Å². The Morgan fingerprint density at radius 1 is 1.16 bits per heavy atom. The Kier molecular flexibility index (Phi) is 6.38. The van der Waals surface area contributed by atoms with Gasteiger partial charge in [0.1, 0.15) is 0 Å². The van der Waals surface area contributed by atoms with Crippen LogP contribution in [0, 0.1) is 5.92 Å². The first-order valence-electron chi connectivity index (χ1n) is 8.05. The van der Waals surface area contributed by atoms with Gasteiger partial charge in [-0.2, -0.15) is 0 Å². The molecule has 25 heavy (non-hydrogen) atoms. The van der Waals surface area contributed by atoms with Crippen molar-refractivity contribution in [2.24, 2.45) is 5.92 Å². The lowest BCUT2D eigenvalue weighted by Gasteiger charge is -2.30. The predicted octanol–water partition coefficient (Wildman–Crippen LogP) is 0.856. The molecule has 0 radical (unpaired) electrons. The number of piperidine rings is 1. The monoisotopic (exact) mass is 369 g/mol. The van der Waals surface area contributed by atoms with Gasteiger partial charge in [0.25, 0.3) is 0 Å². The quantitative estimate of drug-likeness (QED) is 0.688. The van der Waals surface area contributed by atoms with E-state index in [1.54, 1.807) is 12.1 Å². The average Bonchev–Trinajstić information content (AvgIpc) is 2.58. The van der Waals surface area contributed by atoms with E-state index in [1.165, 1.54) is 22.7 Å². The molecule has 1 aliphatic heterocycles. The lowest BCUT2D eigenvalue weighted by Crippen LogP contribution is -2.43. The van der Waals surface area contributed by atoms with Gasteiger partial charge in [0.2, 0.25) is 10.0 Å². The van der Waals surface area contributed by atoms with E-state index in [4.69, 9.17) is 5.11 Å². The zero-order valence-electron chi connectivity index (χ0n) is 14.1. The molecule has 138 valence electrons. The summed E-state index contributed by atoms with van der Waals surface area (Å²) < 4.78 is 24.4. The van der Waals surface area contributed by atoms with Crippen molar-refractivity contribution < 1.29 is 23.1 Å². The highest BCUT2D eigenvalue weighted by atomic mass is 32.2. The first-order chi connectivity index (χ1) is 11.8. The molecule has 1 aliphatic rings. The Morgan fingerprint density at radius 2 is 1.76 bits per heavy atom. The number of hydrogen-bond donors (Lipinski definition) is 3. The summed E-state index contributed by atoms with van der Waals surface area (Å²) >= 11 is 0. The van der Waals surface area contributed by atoms with Gasteiger partial charge in [0.05, 0.1) is 11.8 Å². The van der Waals surface area contributed by atoms with E-state index >= 15 is 0 Å². The fraction of sp³-hybridized carbons (Fsp3) is 0.500. The molecule has 0 aliphatic carbocycles. The average molecular weight is 369 g/mol. The van der Waals surface area contributed by atoms with Gasteiger partial charge in [-0.1, -0.05) is 12.1 Å². The number of amides is 2. The number of benzene rings is 1. The van der Waals surface area contributed by atoms with Gasteiger partial charge in [-0.15, -0.1) is 0 Å². The molecule has 8 nitrogen and oxygen atoms in total. The van der Waals surface area contributed by atoms with Crippen LogP contribution in [0.3, 0.4) is 0 Å². The maximum Gasteiger partial charge on any atom is 0.335 e. The van der Waals surface area contributed by atoms with Crippen molar-refractivity contribution in [3.05, 3.63) is 35.4 Å². The first kappa shape index (κ1) is 19.2. The van der Waals surface area contributed by atoms with Crippen LogP contribution in [0.5, 0.6) is 0 Å². The van der Waals surface area contributed by atoms with Gasteiger partial charge in [-0.25, -0.2) is 22.3 Å². The number of nitrogens with zero attached hydrogens (tertiary/aromatic N) is 1. The summed E-state index contributed by atoms with van der Waals surface area (Å²) in [5.74, 6) is -0.724. The van der Waals surface area contributed by atoms with E-state index in [9.17, 15) is 18.0 Å². The topological polar surface area (TPSA) is 116 Å². The van der Waals surface area contributed by atoms with Gasteiger partial charge in [-0.3, -0.25) is 0 Å². The fourth-order valence-corrected chi connectivity index (χ4v) is 3.57. The number of rotatable bonds is 6. The molecule has 1 saturated heterocycles. The number of carbonyl (C=O) groups is 2. The highest BCUT2D eigenvalue weighted by molar-refractivity contribution is 7.88. The van der Waals surface area contributed by atoms with Gasteiger partial charge in [-0.05, 0) is 36.5 Å². The predicted molar refractivity (Wildman–Crippen MR) is 92.8 cm³/mol. The number of nitrogens with one attached hydrogen (secondary N) is 2. The molecule has 1 fully saturated rings. The minimum absolute atomic E-state index is 0.202. The maximum absolute atomic E-state index is 11.8. The van der Waals surface area contributed by atoms with Crippen molar-refractivity contribution >= 4 is 22.0 Å². The lowest BCUT2D eigenvalue weighted by molar-refractivity contribution is 0.0697. The molecule has 2 amide bonds. The molecule has 0 spiro atoms. The van der Waals surface area contributed by atoms with E-state index in [1.807, 2.05) is 0 Å². The van der Waals surface area contributed by atoms with Crippen molar-refractivity contribution in [1.29, 1.82) is 0 Å². The molecule has 1 heterocycles. The number of carboxylic acid groups (broad SMARTS) is 1. The maximum atomic E-state index is 11.8. The summed E-state index contributed by atoms with van der Waals surface area (Å²) in [6.07, 6.45) is 2.66. The summed E-state index contributed by atoms with van der Waals surface area (Å²) in [7, 11) is -3.13. The van der Waals surface area contributed by atoms with Gasteiger partial charge >= 0.3 is 12.0 Å². The minimum atomic E-state index is -3.13. The van der Waals surface area contributed by atoms with Crippen LogP contribution in [0.4, 0.5) is 4.79 Å². The largest absolute Gasteiger partial charge is 0.478 e. The Balaban J connectivity index is 1.68. The summed E-state index contributed by atoms with van der Waals surface area (Å²) in [6, 6.07) is 6.00. The van der Waals surface area contributed by atoms with Crippen molar-refractivity contribution in [1.82, 2.24) is 14.9 Å². The Bertz CT molecular complexity index is 710. The van der Waals surface area contributed by atoms with Gasteiger partial charge in [0.15, 0.2) is 0 Å². The molecule has 9 heteroatoms. The van der Waals surface area contributed by atoms with E-state index in [0.29, 0.717) is 26.2 Å². The highest BCUT2D eigenvalue weighted by Gasteiger charge is 2.24. The molecule has 0 aromatic heterocycles. The Morgan fingerprint density at radius 3 is 2.28 bits per heavy atom. The molecular weight excluding hydrogens is 346 g/mol. The summed E-state index contributed by atoms with van der Waals surface area (Å²) in [5, 5.41) is 14.3. The highest BCUT2D eigenvalue weighted by Crippen LogP contribution is 2.18. The number of sulfonamides is 1. The molecule has 1 aromatic rings. The standard InChI is InChI=1S/C16H23N3O5S/c1-25(23,24)19-8-6-13(7-9-19)11-18-16(22)17-10-12-2-4-14(5-3-12)15(20)21/h2-5,13H,6-11H2,1H3,(H,20,21)(H2,17,18,22). The van der Waals surface area contributed by atoms with Crippen LogP contribution in [0.25, 0.3) is 0 Å². The lowest BCUT2D eigenvalue weighted by atomic mass is 9.98. The smallest absolute Gasteiger partial charge is 0.335 e. The number of urea groups is 1. The molecule has 1 aromatic carbocycles. The summed E-state index contributed by atoms with van der Waals surface area (Å²) in [5.41, 5.74) is 1.01. The second kappa shape index (κ2) is 8.30. The molecule has 0 bridgehead atoms. The zero-order chi connectivity index (χ0) is 18.4. The second-order valence-corrected chi connectivity index (χ2v) is 8.15. The number of carboxylic acids is 1. The Labute approximate surface area is 147 Å². The molecule has 3 N–H and O–H groups in total. The van der Waals surface area contributed by atoms with Crippen LogP contribution in [-0.4, -0.2) is 55.7 Å². The third kappa shape index (κ3) is 6.02. The minimum Gasteiger partial charge on any atom is -0.478 e. The third-order valence-corrected chi connectivity index (χ3v) is 5.55. The molecule has 0 saturated carbocycles. The third-order valence-electron chi connectivity index (χ3n) is 4.25. The molecule has 2 rings (SSSR count). The number of aromatic carboxylic acids is 1. The molecule has 0 unspecified atom stereocenters. The van der Waals surface area contributed by atoms with Crippen LogP contribution in [0.1, 0.15) is 28.8 Å². The van der Waals surface area contributed by atoms with Crippen LogP contribution in [0.15, 0.2) is 24.3 Å². The Hall–Kier alpha value is -2.13. The van der Waals surface area contributed by atoms with E-state index < -0.39 is 16.0 Å². The number of carbonyl (C=O) groups excluding carboxylic acids is 1. The van der Waals surface area contributed by atoms with Crippen LogP contribution in [0.2, 0.25) is 0 Å². The fourth-order valence-electron chi connectivity index (χ4n) is 2.69. The van der Waals surface area contributed by atoms with E-state index in [2.05, 4.69) is 10.6 Å². The van der Waals surface area contributed by atoms with Gasteiger partial charge in [0, 0.05) is 26.2 Å². The molecular formula is C16H23N3O5S. The zero-order valence-corrected chi connectivity index (χ0v) is 14.9. The van der Waals surface area contributed by atoms with Crippen molar-refractivity contribution in [2.45, 2.75) is 19.4 Å². The number of hydrogen-bond acceptors (Lipinski definition) is 4. The first-order valence-corrected chi connectivity index (χ1v) is 9.89. The van der Waals surface area contributed by atoms with Crippen LogP contribution < -0.4 is 10.6 Å².